The summed E-state index contributed by atoms with van der Waals surface area (Å²) < 4.78 is 0. The van der Waals surface area contributed by atoms with Crippen LogP contribution in [0.2, 0.25) is 0 Å². The van der Waals surface area contributed by atoms with Gasteiger partial charge in [0.05, 0.1) is 0 Å². The molecule has 2 atom stereocenters. The number of unbranched alkanes of at least 4 members (excludes halogenated alkanes) is 1. The number of halogens is 1. The maximum atomic E-state index is 6.37. The second-order valence-electron chi connectivity index (χ2n) is 6.92. The number of nitrogens with two attached hydrogens (primary N) is 1. The highest BCUT2D eigenvalue weighted by Gasteiger charge is 2.28. The lowest BCUT2D eigenvalue weighted by Gasteiger charge is -2.40. The van der Waals surface area contributed by atoms with Crippen LogP contribution in [0.5, 0.6) is 0 Å². The van der Waals surface area contributed by atoms with Gasteiger partial charge in [-0.05, 0) is 61.6 Å². The predicted octanol–water partition coefficient (Wildman–Crippen LogP) is 4.33. The van der Waals surface area contributed by atoms with Crippen molar-refractivity contribution in [3.63, 3.8) is 0 Å². The molecule has 0 bridgehead atoms. The van der Waals surface area contributed by atoms with Gasteiger partial charge in [-0.3, -0.25) is 0 Å². The molecule has 1 aromatic carbocycles. The smallest absolute Gasteiger partial charge is 0.0401 e. The number of rotatable bonds is 4. The van der Waals surface area contributed by atoms with Crippen molar-refractivity contribution in [3.8, 4) is 0 Å². The third-order valence-corrected chi connectivity index (χ3v) is 5.43. The summed E-state index contributed by atoms with van der Waals surface area (Å²) in [5, 5.41) is 0. The van der Waals surface area contributed by atoms with Gasteiger partial charge >= 0.3 is 0 Å². The SMILES string of the molecule is CCCCC1CN(c2cccc3c2CCCC3)CCC1N.Cl. The molecule has 1 saturated heterocycles. The summed E-state index contributed by atoms with van der Waals surface area (Å²) in [6.07, 6.45) is 10.3. The van der Waals surface area contributed by atoms with E-state index in [4.69, 9.17) is 5.73 Å². The Morgan fingerprint density at radius 1 is 1.23 bits per heavy atom. The summed E-state index contributed by atoms with van der Waals surface area (Å²) >= 11 is 0. The lowest BCUT2D eigenvalue weighted by Crippen LogP contribution is -2.47. The summed E-state index contributed by atoms with van der Waals surface area (Å²) in [6, 6.07) is 7.35. The molecule has 1 aliphatic carbocycles. The van der Waals surface area contributed by atoms with Gasteiger partial charge in [-0.1, -0.05) is 31.9 Å². The van der Waals surface area contributed by atoms with Gasteiger partial charge in [0.2, 0.25) is 0 Å². The first kappa shape index (κ1) is 17.6. The van der Waals surface area contributed by atoms with Gasteiger partial charge in [-0.25, -0.2) is 0 Å². The van der Waals surface area contributed by atoms with Crippen LogP contribution in [0.25, 0.3) is 0 Å². The second-order valence-corrected chi connectivity index (χ2v) is 6.92. The van der Waals surface area contributed by atoms with Crippen LogP contribution in [-0.2, 0) is 12.8 Å². The van der Waals surface area contributed by atoms with Gasteiger partial charge in [0.1, 0.15) is 0 Å². The molecule has 0 saturated carbocycles. The maximum absolute atomic E-state index is 6.37. The quantitative estimate of drug-likeness (QED) is 0.894. The minimum Gasteiger partial charge on any atom is -0.371 e. The normalized spacial score (nSPS) is 24.5. The molecule has 1 heterocycles. The average molecular weight is 323 g/mol. The van der Waals surface area contributed by atoms with Crippen molar-refractivity contribution in [3.05, 3.63) is 29.3 Å². The zero-order valence-electron chi connectivity index (χ0n) is 13.9. The van der Waals surface area contributed by atoms with Crippen molar-refractivity contribution < 1.29 is 0 Å². The minimum atomic E-state index is 0. The van der Waals surface area contributed by atoms with E-state index in [1.165, 1.54) is 50.6 Å². The van der Waals surface area contributed by atoms with E-state index >= 15 is 0 Å². The number of fused-ring (bicyclic) bond motifs is 1. The Kier molecular flexibility index (Phi) is 6.58. The molecule has 2 N–H and O–H groups in total. The zero-order valence-corrected chi connectivity index (χ0v) is 14.7. The molecule has 1 aliphatic heterocycles. The molecular formula is C19H31ClN2. The number of benzene rings is 1. The van der Waals surface area contributed by atoms with Crippen LogP contribution >= 0.6 is 12.4 Å². The molecule has 1 fully saturated rings. The first-order valence-electron chi connectivity index (χ1n) is 8.91. The van der Waals surface area contributed by atoms with Gasteiger partial charge < -0.3 is 10.6 Å². The second kappa shape index (κ2) is 8.21. The Morgan fingerprint density at radius 2 is 2.05 bits per heavy atom. The van der Waals surface area contributed by atoms with Crippen LogP contribution in [0.4, 0.5) is 5.69 Å². The molecule has 0 amide bonds. The summed E-state index contributed by atoms with van der Waals surface area (Å²) in [7, 11) is 0. The maximum Gasteiger partial charge on any atom is 0.0401 e. The molecule has 3 rings (SSSR count). The summed E-state index contributed by atoms with van der Waals surface area (Å²) in [5.74, 6) is 0.679. The predicted molar refractivity (Wildman–Crippen MR) is 98.2 cm³/mol. The molecule has 22 heavy (non-hydrogen) atoms. The van der Waals surface area contributed by atoms with Crippen molar-refractivity contribution >= 4 is 18.1 Å². The monoisotopic (exact) mass is 322 g/mol. The van der Waals surface area contributed by atoms with E-state index in [-0.39, 0.29) is 12.4 Å². The Labute approximate surface area is 141 Å². The summed E-state index contributed by atoms with van der Waals surface area (Å²) in [5.41, 5.74) is 11.1. The van der Waals surface area contributed by atoms with E-state index in [9.17, 15) is 0 Å². The highest BCUT2D eigenvalue weighted by molar-refractivity contribution is 5.85. The van der Waals surface area contributed by atoms with E-state index < -0.39 is 0 Å². The molecular weight excluding hydrogens is 292 g/mol. The van der Waals surface area contributed by atoms with Crippen molar-refractivity contribution in [1.29, 1.82) is 0 Å². The topological polar surface area (TPSA) is 29.3 Å². The highest BCUT2D eigenvalue weighted by Crippen LogP contribution is 2.33. The summed E-state index contributed by atoms with van der Waals surface area (Å²) in [4.78, 5) is 2.63. The van der Waals surface area contributed by atoms with E-state index in [1.54, 1.807) is 11.1 Å². The van der Waals surface area contributed by atoms with Gasteiger partial charge in [-0.2, -0.15) is 0 Å². The van der Waals surface area contributed by atoms with Crippen molar-refractivity contribution in [1.82, 2.24) is 0 Å². The number of anilines is 1. The molecule has 1 aromatic rings. The standard InChI is InChI=1S/C19H30N2.ClH/c1-2-3-7-16-14-21(13-12-18(16)20)19-11-6-9-15-8-4-5-10-17(15)19;/h6,9,11,16,18H,2-5,7-8,10,12-14,20H2,1H3;1H. The van der Waals surface area contributed by atoms with Crippen LogP contribution in [0, 0.1) is 5.92 Å². The Morgan fingerprint density at radius 3 is 2.86 bits per heavy atom. The first-order chi connectivity index (χ1) is 10.3. The summed E-state index contributed by atoms with van der Waals surface area (Å²) in [6.45, 7) is 4.58. The van der Waals surface area contributed by atoms with Crippen molar-refractivity contribution in [2.24, 2.45) is 11.7 Å². The Hall–Kier alpha value is -0.730. The van der Waals surface area contributed by atoms with Gasteiger partial charge in [0.25, 0.3) is 0 Å². The third-order valence-electron chi connectivity index (χ3n) is 5.43. The number of aryl methyl sites for hydroxylation is 1. The molecule has 0 aromatic heterocycles. The van der Waals surface area contributed by atoms with Crippen LogP contribution in [0.3, 0.4) is 0 Å². The fourth-order valence-corrected chi connectivity index (χ4v) is 4.10. The molecule has 0 spiro atoms. The minimum absolute atomic E-state index is 0. The van der Waals surface area contributed by atoms with E-state index in [0.717, 1.165) is 19.5 Å². The van der Waals surface area contributed by atoms with Crippen LogP contribution in [-0.4, -0.2) is 19.1 Å². The Balaban J connectivity index is 0.00000176. The lowest BCUT2D eigenvalue weighted by atomic mass is 9.86. The van der Waals surface area contributed by atoms with E-state index in [1.807, 2.05) is 0 Å². The highest BCUT2D eigenvalue weighted by atomic mass is 35.5. The van der Waals surface area contributed by atoms with Gasteiger partial charge in [0, 0.05) is 24.8 Å². The number of nitrogens with zero attached hydrogens (tertiary/aromatic N) is 1. The van der Waals surface area contributed by atoms with Crippen molar-refractivity contribution in [2.75, 3.05) is 18.0 Å². The largest absolute Gasteiger partial charge is 0.371 e. The van der Waals surface area contributed by atoms with E-state index in [2.05, 4.69) is 30.0 Å². The number of hydrogen-bond acceptors (Lipinski definition) is 2. The zero-order chi connectivity index (χ0) is 14.7. The van der Waals surface area contributed by atoms with Crippen LogP contribution in [0.15, 0.2) is 18.2 Å². The fourth-order valence-electron chi connectivity index (χ4n) is 4.10. The average Bonchev–Trinajstić information content (AvgIpc) is 2.54. The molecule has 2 nitrogen and oxygen atoms in total. The molecule has 3 heteroatoms. The van der Waals surface area contributed by atoms with Gasteiger partial charge in [0.15, 0.2) is 0 Å². The van der Waals surface area contributed by atoms with E-state index in [0.29, 0.717) is 12.0 Å². The number of piperidine rings is 1. The molecule has 2 unspecified atom stereocenters. The number of hydrogen-bond donors (Lipinski definition) is 1. The van der Waals surface area contributed by atoms with Gasteiger partial charge in [-0.15, -0.1) is 12.4 Å². The third kappa shape index (κ3) is 3.78. The molecule has 0 radical (unpaired) electrons. The molecule has 2 aliphatic rings. The van der Waals surface area contributed by atoms with Crippen LogP contribution < -0.4 is 10.6 Å². The Bertz CT molecular complexity index is 475. The molecule has 124 valence electrons. The van der Waals surface area contributed by atoms with Crippen LogP contribution in [0.1, 0.15) is 56.6 Å². The first-order valence-corrected chi connectivity index (χ1v) is 8.91. The lowest BCUT2D eigenvalue weighted by molar-refractivity contribution is 0.330. The van der Waals surface area contributed by atoms with Crippen molar-refractivity contribution in [2.45, 2.75) is 64.3 Å². The fraction of sp³-hybridized carbons (Fsp3) is 0.684.